The smallest absolute Gasteiger partial charge is 0.340 e. The summed E-state index contributed by atoms with van der Waals surface area (Å²) in [6, 6.07) is 0. The van der Waals surface area contributed by atoms with Crippen molar-refractivity contribution in [2.24, 2.45) is 23.7 Å². The molecule has 122 valence electrons. The lowest BCUT2D eigenvalue weighted by atomic mass is 9.85. The van der Waals surface area contributed by atoms with Gasteiger partial charge < -0.3 is 9.47 Å². The average Bonchev–Trinajstić information content (AvgIpc) is 2.75. The van der Waals surface area contributed by atoms with Crippen LogP contribution < -0.4 is 0 Å². The molecule has 1 aliphatic rings. The minimum atomic E-state index is -2.11. The number of halogens is 3. The number of hydrogen-bond acceptors (Lipinski definition) is 4. The molecule has 7 heteroatoms. The Bertz CT molecular complexity index is 381. The number of alkyl halides is 3. The van der Waals surface area contributed by atoms with Gasteiger partial charge in [-0.05, 0) is 60.0 Å². The lowest BCUT2D eigenvalue weighted by molar-refractivity contribution is -0.162. The van der Waals surface area contributed by atoms with E-state index in [0.29, 0.717) is 0 Å². The lowest BCUT2D eigenvalue weighted by Gasteiger charge is -2.24. The fourth-order valence-corrected chi connectivity index (χ4v) is 3.44. The highest BCUT2D eigenvalue weighted by Crippen LogP contribution is 2.47. The van der Waals surface area contributed by atoms with Crippen LogP contribution in [0.25, 0.3) is 0 Å². The van der Waals surface area contributed by atoms with Crippen LogP contribution in [0.4, 0.5) is 0 Å². The Kier molecular flexibility index (Phi) is 7.08. The molecule has 4 unspecified atom stereocenters. The van der Waals surface area contributed by atoms with Crippen LogP contribution in [0.2, 0.25) is 0 Å². The van der Waals surface area contributed by atoms with E-state index in [1.54, 1.807) is 6.92 Å². The summed E-state index contributed by atoms with van der Waals surface area (Å²) >= 11 is 16.6. The second kappa shape index (κ2) is 7.89. The van der Waals surface area contributed by atoms with Crippen LogP contribution in [0.15, 0.2) is 0 Å². The van der Waals surface area contributed by atoms with Crippen LogP contribution >= 0.6 is 34.8 Å². The number of ether oxygens (including phenoxy) is 2. The maximum absolute atomic E-state index is 12.3. The van der Waals surface area contributed by atoms with Crippen molar-refractivity contribution < 1.29 is 19.1 Å². The molecule has 1 aliphatic carbocycles. The van der Waals surface area contributed by atoms with Gasteiger partial charge in [0.2, 0.25) is 0 Å². The average molecular weight is 360 g/mol. The maximum Gasteiger partial charge on any atom is 0.340 e. The van der Waals surface area contributed by atoms with Gasteiger partial charge in [0.15, 0.2) is 0 Å². The molecule has 0 N–H and O–H groups in total. The standard InChI is InChI=1S/C14H21Cl3O4/c1-4-8-7-9(5-2)11(10(8)12(18)20-6-3)13(19)21-14(15,16)17/h8-11H,4-7H2,1-3H3. The molecule has 1 fully saturated rings. The fourth-order valence-electron chi connectivity index (χ4n) is 3.21. The first-order chi connectivity index (χ1) is 9.75. The van der Waals surface area contributed by atoms with Gasteiger partial charge in [-0.25, -0.2) is 0 Å². The van der Waals surface area contributed by atoms with Gasteiger partial charge in [0.05, 0.1) is 18.4 Å². The third-order valence-electron chi connectivity index (χ3n) is 4.10. The second-order valence-corrected chi connectivity index (χ2v) is 7.42. The largest absolute Gasteiger partial charge is 0.466 e. The summed E-state index contributed by atoms with van der Waals surface area (Å²) in [5.41, 5.74) is 0. The van der Waals surface area contributed by atoms with Crippen molar-refractivity contribution in [1.82, 2.24) is 0 Å². The predicted molar refractivity (Wildman–Crippen MR) is 82.2 cm³/mol. The minimum absolute atomic E-state index is 0.0317. The van der Waals surface area contributed by atoms with Crippen LogP contribution in [-0.4, -0.2) is 22.5 Å². The van der Waals surface area contributed by atoms with E-state index in [4.69, 9.17) is 44.3 Å². The molecule has 21 heavy (non-hydrogen) atoms. The highest BCUT2D eigenvalue weighted by Gasteiger charge is 2.51. The summed E-state index contributed by atoms with van der Waals surface area (Å²) in [5.74, 6) is -2.04. The molecule has 0 radical (unpaired) electrons. The van der Waals surface area contributed by atoms with Gasteiger partial charge in [-0.2, -0.15) is 0 Å². The molecule has 0 bridgehead atoms. The zero-order valence-corrected chi connectivity index (χ0v) is 14.7. The van der Waals surface area contributed by atoms with Gasteiger partial charge in [0.1, 0.15) is 0 Å². The second-order valence-electron chi connectivity index (χ2n) is 5.24. The Hall–Kier alpha value is -0.190. The third-order valence-corrected chi connectivity index (χ3v) is 4.34. The fraction of sp³-hybridized carbons (Fsp3) is 0.857. The summed E-state index contributed by atoms with van der Waals surface area (Å²) in [5, 5.41) is 0. The molecule has 0 saturated heterocycles. The highest BCUT2D eigenvalue weighted by atomic mass is 35.6. The van der Waals surface area contributed by atoms with E-state index in [-0.39, 0.29) is 24.4 Å². The number of carbonyl (C=O) groups is 2. The zero-order valence-electron chi connectivity index (χ0n) is 12.4. The predicted octanol–water partition coefficient (Wildman–Crippen LogP) is 4.11. The van der Waals surface area contributed by atoms with Gasteiger partial charge in [0.25, 0.3) is 0 Å². The summed E-state index contributed by atoms with van der Waals surface area (Å²) in [7, 11) is 0. The SMILES string of the molecule is CCOC(=O)C1C(CC)CC(CC)C1C(=O)OC(Cl)(Cl)Cl. The van der Waals surface area contributed by atoms with Gasteiger partial charge >= 0.3 is 15.9 Å². The summed E-state index contributed by atoms with van der Waals surface area (Å²) in [6.07, 6.45) is 2.32. The summed E-state index contributed by atoms with van der Waals surface area (Å²) < 4.78 is 7.86. The van der Waals surface area contributed by atoms with E-state index in [9.17, 15) is 9.59 Å². The van der Waals surface area contributed by atoms with Crippen LogP contribution in [0, 0.1) is 23.7 Å². The van der Waals surface area contributed by atoms with Crippen LogP contribution in [0.1, 0.15) is 40.0 Å². The van der Waals surface area contributed by atoms with Gasteiger partial charge in [-0.3, -0.25) is 9.59 Å². The minimum Gasteiger partial charge on any atom is -0.466 e. The molecule has 0 heterocycles. The van der Waals surface area contributed by atoms with E-state index < -0.39 is 21.8 Å². The molecular formula is C14H21Cl3O4. The molecule has 0 amide bonds. The number of hydrogen-bond donors (Lipinski definition) is 0. The summed E-state index contributed by atoms with van der Waals surface area (Å²) in [6.45, 7) is 5.97. The molecular weight excluding hydrogens is 339 g/mol. The van der Waals surface area contributed by atoms with Crippen molar-refractivity contribution in [2.75, 3.05) is 6.61 Å². The molecule has 4 nitrogen and oxygen atoms in total. The number of rotatable bonds is 5. The highest BCUT2D eigenvalue weighted by molar-refractivity contribution is 6.66. The lowest BCUT2D eigenvalue weighted by Crippen LogP contribution is -2.36. The van der Waals surface area contributed by atoms with Crippen molar-refractivity contribution >= 4 is 46.7 Å². The van der Waals surface area contributed by atoms with E-state index in [2.05, 4.69) is 0 Å². The van der Waals surface area contributed by atoms with Crippen LogP contribution in [0.5, 0.6) is 0 Å². The molecule has 0 aromatic heterocycles. The Morgan fingerprint density at radius 3 is 1.86 bits per heavy atom. The molecule has 1 rings (SSSR count). The molecule has 1 saturated carbocycles. The molecule has 0 spiro atoms. The first-order valence-electron chi connectivity index (χ1n) is 7.21. The first kappa shape index (κ1) is 18.9. The third kappa shape index (κ3) is 4.90. The van der Waals surface area contributed by atoms with E-state index in [0.717, 1.165) is 19.3 Å². The molecule has 0 aromatic rings. The number of esters is 2. The van der Waals surface area contributed by atoms with Crippen molar-refractivity contribution in [2.45, 2.75) is 44.0 Å². The quantitative estimate of drug-likeness (QED) is 0.547. The van der Waals surface area contributed by atoms with Crippen molar-refractivity contribution in [3.05, 3.63) is 0 Å². The normalized spacial score (nSPS) is 29.2. The molecule has 4 atom stereocenters. The summed E-state index contributed by atoms with van der Waals surface area (Å²) in [4.78, 5) is 24.6. The van der Waals surface area contributed by atoms with E-state index in [1.807, 2.05) is 13.8 Å². The zero-order chi connectivity index (χ0) is 16.2. The Balaban J connectivity index is 3.01. The van der Waals surface area contributed by atoms with E-state index in [1.165, 1.54) is 0 Å². The van der Waals surface area contributed by atoms with Crippen molar-refractivity contribution in [3.8, 4) is 0 Å². The van der Waals surface area contributed by atoms with Crippen molar-refractivity contribution in [3.63, 3.8) is 0 Å². The molecule has 0 aliphatic heterocycles. The Labute approximate surface area is 140 Å². The van der Waals surface area contributed by atoms with Crippen molar-refractivity contribution in [1.29, 1.82) is 0 Å². The van der Waals surface area contributed by atoms with Crippen LogP contribution in [-0.2, 0) is 19.1 Å². The monoisotopic (exact) mass is 358 g/mol. The Morgan fingerprint density at radius 1 is 1.00 bits per heavy atom. The number of carbonyl (C=O) groups excluding carboxylic acids is 2. The topological polar surface area (TPSA) is 52.6 Å². The van der Waals surface area contributed by atoms with Gasteiger partial charge in [0, 0.05) is 0 Å². The first-order valence-corrected chi connectivity index (χ1v) is 8.34. The Morgan fingerprint density at radius 2 is 1.48 bits per heavy atom. The molecule has 0 aromatic carbocycles. The maximum atomic E-state index is 12.3. The van der Waals surface area contributed by atoms with E-state index >= 15 is 0 Å². The van der Waals surface area contributed by atoms with Gasteiger partial charge in [-0.1, -0.05) is 26.7 Å². The van der Waals surface area contributed by atoms with Gasteiger partial charge in [-0.15, -0.1) is 0 Å². The van der Waals surface area contributed by atoms with Crippen LogP contribution in [0.3, 0.4) is 0 Å².